The first kappa shape index (κ1) is 11.8. The van der Waals surface area contributed by atoms with Crippen LogP contribution in [0.5, 0.6) is 0 Å². The minimum atomic E-state index is -0.0613. The number of fused-ring (bicyclic) bond motifs is 1. The summed E-state index contributed by atoms with van der Waals surface area (Å²) in [6.07, 6.45) is 1.02. The van der Waals surface area contributed by atoms with Gasteiger partial charge in [-0.3, -0.25) is 0 Å². The number of aromatic nitrogens is 2. The van der Waals surface area contributed by atoms with Gasteiger partial charge in [0.2, 0.25) is 0 Å². The number of halogens is 1. The van der Waals surface area contributed by atoms with Gasteiger partial charge < -0.3 is 0 Å². The van der Waals surface area contributed by atoms with Crippen LogP contribution in [-0.4, -0.2) is 9.97 Å². The molecule has 0 aliphatic heterocycles. The molecule has 0 amide bonds. The van der Waals surface area contributed by atoms with Gasteiger partial charge in [-0.05, 0) is 12.5 Å². The smallest absolute Gasteiger partial charge is 0.141 e. The Morgan fingerprint density at radius 2 is 2.00 bits per heavy atom. The van der Waals surface area contributed by atoms with E-state index in [0.29, 0.717) is 5.15 Å². The van der Waals surface area contributed by atoms with Crippen molar-refractivity contribution in [2.45, 2.75) is 39.5 Å². The molecule has 0 bridgehead atoms. The Morgan fingerprint density at radius 3 is 2.56 bits per heavy atom. The standard InChI is InChI=1S/C12H15ClN2S/c1-5-7-6-8-9(13)14-11(12(2,3)4)15-10(8)16-7/h6H,5H2,1-4H3. The van der Waals surface area contributed by atoms with E-state index in [0.717, 1.165) is 22.5 Å². The summed E-state index contributed by atoms with van der Waals surface area (Å²) in [5, 5.41) is 1.56. The lowest BCUT2D eigenvalue weighted by atomic mass is 9.96. The topological polar surface area (TPSA) is 25.8 Å². The van der Waals surface area contributed by atoms with Gasteiger partial charge in [0.1, 0.15) is 15.8 Å². The molecule has 86 valence electrons. The van der Waals surface area contributed by atoms with Crippen LogP contribution in [-0.2, 0) is 11.8 Å². The van der Waals surface area contributed by atoms with E-state index in [9.17, 15) is 0 Å². The van der Waals surface area contributed by atoms with Crippen LogP contribution >= 0.6 is 22.9 Å². The van der Waals surface area contributed by atoms with Crippen molar-refractivity contribution in [2.75, 3.05) is 0 Å². The second-order valence-corrected chi connectivity index (χ2v) is 6.35. The predicted octanol–water partition coefficient (Wildman–Crippen LogP) is 4.20. The summed E-state index contributed by atoms with van der Waals surface area (Å²) in [5.41, 5.74) is -0.0613. The van der Waals surface area contributed by atoms with Gasteiger partial charge in [0, 0.05) is 15.7 Å². The molecule has 0 saturated heterocycles. The first-order valence-electron chi connectivity index (χ1n) is 5.38. The normalized spacial score (nSPS) is 12.3. The molecule has 0 spiro atoms. The molecule has 0 N–H and O–H groups in total. The lowest BCUT2D eigenvalue weighted by molar-refractivity contribution is 0.549. The van der Waals surface area contributed by atoms with Crippen molar-refractivity contribution in [2.24, 2.45) is 0 Å². The highest BCUT2D eigenvalue weighted by atomic mass is 35.5. The van der Waals surface area contributed by atoms with Crippen molar-refractivity contribution in [1.29, 1.82) is 0 Å². The minimum Gasteiger partial charge on any atom is -0.221 e. The van der Waals surface area contributed by atoms with Crippen LogP contribution in [0.2, 0.25) is 5.15 Å². The Hall–Kier alpha value is -0.670. The quantitative estimate of drug-likeness (QED) is 0.713. The summed E-state index contributed by atoms with van der Waals surface area (Å²) < 4.78 is 0. The number of hydrogen-bond donors (Lipinski definition) is 0. The molecule has 2 nitrogen and oxygen atoms in total. The average molecular weight is 255 g/mol. The highest BCUT2D eigenvalue weighted by Gasteiger charge is 2.20. The Morgan fingerprint density at radius 1 is 1.31 bits per heavy atom. The van der Waals surface area contributed by atoms with E-state index in [1.807, 2.05) is 0 Å². The summed E-state index contributed by atoms with van der Waals surface area (Å²) in [6, 6.07) is 2.09. The Bertz CT molecular complexity index is 526. The second kappa shape index (κ2) is 3.97. The van der Waals surface area contributed by atoms with Crippen molar-refractivity contribution in [3.8, 4) is 0 Å². The predicted molar refractivity (Wildman–Crippen MR) is 70.5 cm³/mol. The molecule has 16 heavy (non-hydrogen) atoms. The second-order valence-electron chi connectivity index (χ2n) is 4.87. The zero-order valence-electron chi connectivity index (χ0n) is 9.97. The van der Waals surface area contributed by atoms with Gasteiger partial charge in [-0.2, -0.15) is 0 Å². The number of hydrogen-bond acceptors (Lipinski definition) is 3. The molecular weight excluding hydrogens is 240 g/mol. The van der Waals surface area contributed by atoms with E-state index in [4.69, 9.17) is 11.6 Å². The van der Waals surface area contributed by atoms with E-state index in [1.165, 1.54) is 4.88 Å². The Balaban J connectivity index is 2.67. The fraction of sp³-hybridized carbons (Fsp3) is 0.500. The summed E-state index contributed by atoms with van der Waals surface area (Å²) in [6.45, 7) is 8.42. The van der Waals surface area contributed by atoms with Crippen molar-refractivity contribution in [3.05, 3.63) is 21.9 Å². The highest BCUT2D eigenvalue weighted by Crippen LogP contribution is 2.31. The third kappa shape index (κ3) is 2.06. The fourth-order valence-corrected chi connectivity index (χ4v) is 2.69. The molecule has 0 fully saturated rings. The molecule has 0 aliphatic rings. The summed E-state index contributed by atoms with van der Waals surface area (Å²) in [7, 11) is 0. The largest absolute Gasteiger partial charge is 0.221 e. The first-order valence-corrected chi connectivity index (χ1v) is 6.57. The molecule has 0 aliphatic carbocycles. The lowest BCUT2D eigenvalue weighted by Gasteiger charge is -2.16. The van der Waals surface area contributed by atoms with Gasteiger partial charge in [-0.15, -0.1) is 11.3 Å². The van der Waals surface area contributed by atoms with Crippen LogP contribution in [0.1, 0.15) is 38.4 Å². The third-order valence-electron chi connectivity index (χ3n) is 2.42. The maximum absolute atomic E-state index is 6.19. The van der Waals surface area contributed by atoms with Crippen molar-refractivity contribution in [1.82, 2.24) is 9.97 Å². The van der Waals surface area contributed by atoms with Crippen molar-refractivity contribution in [3.63, 3.8) is 0 Å². The Labute approximate surface area is 105 Å². The number of aryl methyl sites for hydroxylation is 1. The highest BCUT2D eigenvalue weighted by molar-refractivity contribution is 7.18. The Kier molecular flexibility index (Phi) is 2.93. The van der Waals surface area contributed by atoms with Gasteiger partial charge in [-0.25, -0.2) is 9.97 Å². The van der Waals surface area contributed by atoms with E-state index in [2.05, 4.69) is 43.7 Å². The SMILES string of the molecule is CCc1cc2c(Cl)nc(C(C)(C)C)nc2s1. The van der Waals surface area contributed by atoms with Crippen LogP contribution in [0.15, 0.2) is 6.07 Å². The molecule has 0 unspecified atom stereocenters. The van der Waals surface area contributed by atoms with Crippen molar-refractivity contribution >= 4 is 33.2 Å². The maximum Gasteiger partial charge on any atom is 0.141 e. The fourth-order valence-electron chi connectivity index (χ4n) is 1.45. The molecular formula is C12H15ClN2S. The van der Waals surface area contributed by atoms with E-state index in [1.54, 1.807) is 11.3 Å². The summed E-state index contributed by atoms with van der Waals surface area (Å²) >= 11 is 7.90. The minimum absolute atomic E-state index is 0.0613. The number of thiophene rings is 1. The van der Waals surface area contributed by atoms with Gasteiger partial charge in [0.25, 0.3) is 0 Å². The molecule has 2 aromatic heterocycles. The maximum atomic E-state index is 6.19. The molecule has 0 radical (unpaired) electrons. The first-order chi connectivity index (χ1) is 7.41. The van der Waals surface area contributed by atoms with Gasteiger partial charge in [0.05, 0.1) is 0 Å². The van der Waals surface area contributed by atoms with Crippen molar-refractivity contribution < 1.29 is 0 Å². The summed E-state index contributed by atoms with van der Waals surface area (Å²) in [5.74, 6) is 0.814. The van der Waals surface area contributed by atoms with Crippen LogP contribution < -0.4 is 0 Å². The molecule has 0 aromatic carbocycles. The lowest BCUT2D eigenvalue weighted by Crippen LogP contribution is -2.15. The van der Waals surface area contributed by atoms with Crippen LogP contribution in [0.25, 0.3) is 10.2 Å². The van der Waals surface area contributed by atoms with Crippen LogP contribution in [0.3, 0.4) is 0 Å². The summed E-state index contributed by atoms with van der Waals surface area (Å²) in [4.78, 5) is 11.3. The average Bonchev–Trinajstić information content (AvgIpc) is 2.59. The third-order valence-corrected chi connectivity index (χ3v) is 3.88. The van der Waals surface area contributed by atoms with Gasteiger partial charge >= 0.3 is 0 Å². The zero-order valence-corrected chi connectivity index (χ0v) is 11.5. The van der Waals surface area contributed by atoms with E-state index < -0.39 is 0 Å². The molecule has 2 aromatic rings. The number of rotatable bonds is 1. The number of nitrogens with zero attached hydrogens (tertiary/aromatic N) is 2. The van der Waals surface area contributed by atoms with Gasteiger partial charge in [0.15, 0.2) is 0 Å². The molecule has 2 rings (SSSR count). The molecule has 0 saturated carbocycles. The van der Waals surface area contributed by atoms with E-state index >= 15 is 0 Å². The molecule has 0 atom stereocenters. The van der Waals surface area contributed by atoms with Crippen LogP contribution in [0.4, 0.5) is 0 Å². The van der Waals surface area contributed by atoms with E-state index in [-0.39, 0.29) is 5.41 Å². The van der Waals surface area contributed by atoms with Gasteiger partial charge in [-0.1, -0.05) is 39.3 Å². The monoisotopic (exact) mass is 254 g/mol. The molecule has 2 heterocycles. The zero-order chi connectivity index (χ0) is 11.9. The van der Waals surface area contributed by atoms with Crippen LogP contribution in [0, 0.1) is 0 Å². The molecule has 4 heteroatoms.